The standard InChI is InChI=1S/C38H51NO6/c1-33(2,43)28-17-26(41)38(18-40)25-12-9-19-15-22-29-21-16-23-30(35(5,6)45-34(23,3)4)31(42)20(21)10-11-24(29)39-32(22)37(19,8)36(25,7)14-13-27(38)44-28/h10-11,18-19,23,25-28,30,39,41,43H,9,12-17H2,1-8H3/t19-,23+,25+,26?,27?,28?,30?,36-,37+,38+/m0/s1. The third kappa shape index (κ3) is 3.52. The summed E-state index contributed by atoms with van der Waals surface area (Å²) in [5.41, 5.74) is 2.27. The maximum absolute atomic E-state index is 14.2. The molecule has 2 aliphatic heterocycles. The number of rotatable bonds is 2. The van der Waals surface area contributed by atoms with Crippen LogP contribution >= 0.6 is 0 Å². The molecule has 4 fully saturated rings. The minimum absolute atomic E-state index is 0.0486. The molecule has 4 aliphatic carbocycles. The van der Waals surface area contributed by atoms with Gasteiger partial charge >= 0.3 is 0 Å². The van der Waals surface area contributed by atoms with E-state index in [0.29, 0.717) is 12.3 Å². The Morgan fingerprint density at radius 1 is 1.00 bits per heavy atom. The number of aliphatic hydroxyl groups excluding tert-OH is 1. The second-order valence-electron chi connectivity index (χ2n) is 17.8. The number of hydrogen-bond donors (Lipinski definition) is 3. The van der Waals surface area contributed by atoms with Gasteiger partial charge < -0.3 is 29.5 Å². The molecule has 2 saturated carbocycles. The zero-order valence-corrected chi connectivity index (χ0v) is 28.3. The first-order chi connectivity index (χ1) is 20.9. The number of ketones is 1. The lowest BCUT2D eigenvalue weighted by Gasteiger charge is -2.67. The Balaban J connectivity index is 1.24. The van der Waals surface area contributed by atoms with Crippen LogP contribution in [0.3, 0.4) is 0 Å². The van der Waals surface area contributed by atoms with Crippen LogP contribution in [0.5, 0.6) is 0 Å². The zero-order valence-electron chi connectivity index (χ0n) is 28.3. The van der Waals surface area contributed by atoms with Crippen LogP contribution in [-0.2, 0) is 32.5 Å². The highest BCUT2D eigenvalue weighted by molar-refractivity contribution is 6.06. The quantitative estimate of drug-likeness (QED) is 0.366. The van der Waals surface area contributed by atoms with Gasteiger partial charge in [-0.05, 0) is 121 Å². The van der Waals surface area contributed by atoms with Crippen LogP contribution in [0.25, 0.3) is 10.9 Å². The molecule has 7 nitrogen and oxygen atoms in total. The van der Waals surface area contributed by atoms with Gasteiger partial charge in [0, 0.05) is 39.9 Å². The summed E-state index contributed by atoms with van der Waals surface area (Å²) in [5, 5.41) is 23.8. The number of benzene rings is 1. The van der Waals surface area contributed by atoms with E-state index in [9.17, 15) is 19.8 Å². The average Bonchev–Trinajstić information content (AvgIpc) is 3.52. The number of ether oxygens (including phenoxy) is 2. The molecule has 8 rings (SSSR count). The van der Waals surface area contributed by atoms with Crippen molar-refractivity contribution in [1.29, 1.82) is 0 Å². The number of H-pyrrole nitrogens is 1. The van der Waals surface area contributed by atoms with Crippen LogP contribution in [0, 0.1) is 34.5 Å². The lowest BCUT2D eigenvalue weighted by molar-refractivity contribution is -0.271. The molecule has 4 unspecified atom stereocenters. The molecule has 7 heteroatoms. The fraction of sp³-hybridized carbons (Fsp3) is 0.737. The van der Waals surface area contributed by atoms with Gasteiger partial charge in [-0.15, -0.1) is 0 Å². The Bertz CT molecular complexity index is 1630. The number of carbonyl (C=O) groups excluding carboxylic acids is 2. The molecule has 3 N–H and O–H groups in total. The Hall–Kier alpha value is -2.06. The highest BCUT2D eigenvalue weighted by atomic mass is 16.5. The largest absolute Gasteiger partial charge is 0.392 e. The Labute approximate surface area is 266 Å². The van der Waals surface area contributed by atoms with Gasteiger partial charge in [-0.1, -0.05) is 13.8 Å². The number of carbonyl (C=O) groups is 2. The molecule has 0 spiro atoms. The monoisotopic (exact) mass is 617 g/mol. The summed E-state index contributed by atoms with van der Waals surface area (Å²) >= 11 is 0. The van der Waals surface area contributed by atoms with Gasteiger partial charge in [-0.3, -0.25) is 4.79 Å². The molecule has 1 aromatic carbocycles. The van der Waals surface area contributed by atoms with Crippen LogP contribution in [0.15, 0.2) is 12.1 Å². The van der Waals surface area contributed by atoms with Crippen molar-refractivity contribution in [1.82, 2.24) is 4.98 Å². The number of hydrogen-bond acceptors (Lipinski definition) is 6. The van der Waals surface area contributed by atoms with Crippen LogP contribution in [-0.4, -0.2) is 62.4 Å². The summed E-state index contributed by atoms with van der Waals surface area (Å²) in [5.74, 6) is 0.535. The van der Waals surface area contributed by atoms with Crippen LogP contribution < -0.4 is 0 Å². The maximum Gasteiger partial charge on any atom is 0.169 e. The molecule has 6 aliphatic rings. The van der Waals surface area contributed by atoms with E-state index < -0.39 is 40.5 Å². The second-order valence-corrected chi connectivity index (χ2v) is 17.8. The van der Waals surface area contributed by atoms with Gasteiger partial charge in [0.25, 0.3) is 0 Å². The number of nitrogens with one attached hydrogen (secondary N) is 1. The summed E-state index contributed by atoms with van der Waals surface area (Å²) in [6, 6.07) is 4.15. The third-order valence-electron chi connectivity index (χ3n) is 14.7. The van der Waals surface area contributed by atoms with E-state index in [1.54, 1.807) is 13.8 Å². The van der Waals surface area contributed by atoms with E-state index in [2.05, 4.69) is 52.6 Å². The average molecular weight is 618 g/mol. The molecule has 0 amide bonds. The molecule has 45 heavy (non-hydrogen) atoms. The van der Waals surface area contributed by atoms with Gasteiger partial charge in [0.05, 0.1) is 46.4 Å². The summed E-state index contributed by atoms with van der Waals surface area (Å²) in [6.45, 7) is 16.6. The number of aromatic nitrogens is 1. The Morgan fingerprint density at radius 2 is 1.73 bits per heavy atom. The number of aldehydes is 1. The molecule has 0 radical (unpaired) electrons. The SMILES string of the molecule is CC(C)(O)C1CC(O)[C@]2(C=O)C(CC[C@@]3(C)[C@H]2CC[C@H]2Cc4c([nH]c5ccc6c(c45)C[C@@H]4C(C6=O)C(C)(C)OC4(C)C)[C@@]23C)O1. The van der Waals surface area contributed by atoms with Crippen molar-refractivity contribution in [2.24, 2.45) is 34.5 Å². The van der Waals surface area contributed by atoms with E-state index in [-0.39, 0.29) is 40.8 Å². The zero-order chi connectivity index (χ0) is 32.3. The first-order valence-corrected chi connectivity index (χ1v) is 17.4. The van der Waals surface area contributed by atoms with Crippen molar-refractivity contribution in [3.63, 3.8) is 0 Å². The van der Waals surface area contributed by atoms with Gasteiger partial charge in [-0.25, -0.2) is 0 Å². The van der Waals surface area contributed by atoms with Gasteiger partial charge in [0.2, 0.25) is 0 Å². The van der Waals surface area contributed by atoms with Crippen LogP contribution in [0.1, 0.15) is 115 Å². The molecule has 2 saturated heterocycles. The highest BCUT2D eigenvalue weighted by Gasteiger charge is 2.71. The fourth-order valence-electron chi connectivity index (χ4n) is 12.4. The number of Topliss-reactive ketones (excluding diaryl/α,β-unsaturated/α-hetero) is 1. The molecule has 1 aromatic heterocycles. The second kappa shape index (κ2) is 8.89. The molecule has 2 aromatic rings. The predicted molar refractivity (Wildman–Crippen MR) is 171 cm³/mol. The minimum Gasteiger partial charge on any atom is -0.392 e. The lowest BCUT2D eigenvalue weighted by atomic mass is 9.39. The molecule has 0 bridgehead atoms. The van der Waals surface area contributed by atoms with E-state index in [0.717, 1.165) is 49.5 Å². The topological polar surface area (TPSA) is 109 Å². The molecule has 244 valence electrons. The number of fused-ring (bicyclic) bond motifs is 12. The van der Waals surface area contributed by atoms with Crippen molar-refractivity contribution < 1.29 is 29.3 Å². The van der Waals surface area contributed by atoms with E-state index in [1.807, 2.05) is 6.07 Å². The van der Waals surface area contributed by atoms with Gasteiger partial charge in [-0.2, -0.15) is 0 Å². The van der Waals surface area contributed by atoms with Crippen molar-refractivity contribution in [3.05, 3.63) is 34.5 Å². The first kappa shape index (κ1) is 30.3. The van der Waals surface area contributed by atoms with Crippen LogP contribution in [0.4, 0.5) is 0 Å². The van der Waals surface area contributed by atoms with E-state index in [4.69, 9.17) is 9.47 Å². The van der Waals surface area contributed by atoms with Crippen molar-refractivity contribution >= 4 is 23.0 Å². The van der Waals surface area contributed by atoms with Crippen LogP contribution in [0.2, 0.25) is 0 Å². The smallest absolute Gasteiger partial charge is 0.169 e. The maximum atomic E-state index is 14.2. The Kier molecular flexibility index (Phi) is 5.98. The first-order valence-electron chi connectivity index (χ1n) is 17.4. The number of aliphatic hydroxyl groups is 2. The van der Waals surface area contributed by atoms with Gasteiger partial charge in [0.1, 0.15) is 6.29 Å². The molecular weight excluding hydrogens is 566 g/mol. The summed E-state index contributed by atoms with van der Waals surface area (Å²) in [4.78, 5) is 31.4. The van der Waals surface area contributed by atoms with Crippen molar-refractivity contribution in [2.75, 3.05) is 0 Å². The third-order valence-corrected chi connectivity index (χ3v) is 14.7. The lowest BCUT2D eigenvalue weighted by Crippen LogP contribution is -2.70. The number of aromatic amines is 1. The predicted octanol–water partition coefficient (Wildman–Crippen LogP) is 5.84. The molecular formula is C38H51NO6. The molecule has 10 atom stereocenters. The highest BCUT2D eigenvalue weighted by Crippen LogP contribution is 2.71. The summed E-state index contributed by atoms with van der Waals surface area (Å²) < 4.78 is 13.1. The van der Waals surface area contributed by atoms with Crippen molar-refractivity contribution in [3.8, 4) is 0 Å². The van der Waals surface area contributed by atoms with Gasteiger partial charge in [0.15, 0.2) is 5.78 Å². The normalized spacial score (nSPS) is 44.4. The summed E-state index contributed by atoms with van der Waals surface area (Å²) in [7, 11) is 0. The van der Waals surface area contributed by atoms with E-state index >= 15 is 0 Å². The fourth-order valence-corrected chi connectivity index (χ4v) is 12.4. The Morgan fingerprint density at radius 3 is 2.42 bits per heavy atom. The van der Waals surface area contributed by atoms with Crippen molar-refractivity contribution in [2.45, 2.75) is 141 Å². The minimum atomic E-state index is -1.10. The van der Waals surface area contributed by atoms with E-state index in [1.165, 1.54) is 22.2 Å². The molecule has 3 heterocycles. The summed E-state index contributed by atoms with van der Waals surface area (Å²) in [6.07, 6.45) is 4.65.